The Balaban J connectivity index is 2.17. The molecule has 17 heavy (non-hydrogen) atoms. The molecule has 0 aliphatic carbocycles. The molecule has 0 radical (unpaired) electrons. The summed E-state index contributed by atoms with van der Waals surface area (Å²) in [7, 11) is 0.840. The summed E-state index contributed by atoms with van der Waals surface area (Å²) in [6, 6.07) is 5.69. The first kappa shape index (κ1) is 12.0. The maximum Gasteiger partial charge on any atom is 0.492 e. The topological polar surface area (TPSA) is 65.9 Å². The van der Waals surface area contributed by atoms with Crippen molar-refractivity contribution >= 4 is 36.1 Å². The van der Waals surface area contributed by atoms with Crippen molar-refractivity contribution in [3.63, 3.8) is 0 Å². The number of rotatable bonds is 2. The van der Waals surface area contributed by atoms with E-state index < -0.39 is 7.12 Å². The fourth-order valence-corrected chi connectivity index (χ4v) is 1.69. The predicted octanol–water partition coefficient (Wildman–Crippen LogP) is -0.668. The molecule has 0 fully saturated rings. The molecule has 1 aromatic rings. The Hall–Kier alpha value is -1.44. The molecule has 0 amide bonds. The highest BCUT2D eigenvalue weighted by molar-refractivity contribution is 7.80. The van der Waals surface area contributed by atoms with Crippen molar-refractivity contribution in [2.45, 2.75) is 6.61 Å². The summed E-state index contributed by atoms with van der Waals surface area (Å²) in [4.78, 5) is 0. The lowest BCUT2D eigenvalue weighted by atomic mass is 9.76. The number of nitrogens with one attached hydrogen (secondary N) is 2. The quantitative estimate of drug-likeness (QED) is 0.281. The maximum atomic E-state index is 9.67. The van der Waals surface area contributed by atoms with Gasteiger partial charge in [0.1, 0.15) is 0 Å². The number of hydrogen-bond acceptors (Lipinski definition) is 4. The van der Waals surface area contributed by atoms with Crippen LogP contribution in [0, 0.1) is 0 Å². The van der Waals surface area contributed by atoms with Crippen LogP contribution in [0.1, 0.15) is 11.1 Å². The lowest BCUT2D eigenvalue weighted by Gasteiger charge is -2.04. The Morgan fingerprint density at radius 2 is 2.47 bits per heavy atom. The third-order valence-corrected chi connectivity index (χ3v) is 2.77. The smallest absolute Gasteiger partial charge is 0.423 e. The lowest BCUT2D eigenvalue weighted by Crippen LogP contribution is -2.32. The molecule has 1 aromatic carbocycles. The highest BCUT2D eigenvalue weighted by Crippen LogP contribution is 2.11. The standard InChI is InChI=1S/C10H12BN3O2S/c1-12-10(17)14-13-5-7-3-2-4-8-6-16-11(15)9(7)8/h2-5,15H,6H2,1H3,(H2,12,14,17)/b13-5+. The number of thiocarbonyl (C=S) groups is 1. The zero-order valence-corrected chi connectivity index (χ0v) is 10.1. The van der Waals surface area contributed by atoms with Gasteiger partial charge in [-0.1, -0.05) is 18.2 Å². The van der Waals surface area contributed by atoms with Crippen LogP contribution in [0.15, 0.2) is 23.3 Å². The second-order valence-corrected chi connectivity index (χ2v) is 3.94. The average molecular weight is 249 g/mol. The van der Waals surface area contributed by atoms with Gasteiger partial charge in [-0.3, -0.25) is 5.43 Å². The van der Waals surface area contributed by atoms with Gasteiger partial charge in [-0.05, 0) is 28.8 Å². The van der Waals surface area contributed by atoms with E-state index in [1.807, 2.05) is 18.2 Å². The van der Waals surface area contributed by atoms with Gasteiger partial charge in [0, 0.05) is 7.05 Å². The van der Waals surface area contributed by atoms with Gasteiger partial charge in [-0.2, -0.15) is 5.10 Å². The molecule has 0 atom stereocenters. The minimum atomic E-state index is -0.871. The van der Waals surface area contributed by atoms with Gasteiger partial charge in [0.15, 0.2) is 5.11 Å². The van der Waals surface area contributed by atoms with Gasteiger partial charge in [-0.15, -0.1) is 0 Å². The largest absolute Gasteiger partial charge is 0.492 e. The minimum Gasteiger partial charge on any atom is -0.423 e. The number of hydrogen-bond donors (Lipinski definition) is 3. The van der Waals surface area contributed by atoms with Crippen molar-refractivity contribution < 1.29 is 9.68 Å². The third-order valence-electron chi connectivity index (χ3n) is 2.47. The first-order chi connectivity index (χ1) is 8.22. The van der Waals surface area contributed by atoms with E-state index in [2.05, 4.69) is 15.8 Å². The second kappa shape index (κ2) is 5.26. The van der Waals surface area contributed by atoms with Gasteiger partial charge < -0.3 is 15.0 Å². The fraction of sp³-hybridized carbons (Fsp3) is 0.200. The Kier molecular flexibility index (Phi) is 3.73. The molecule has 1 aliphatic heterocycles. The molecule has 0 bridgehead atoms. The van der Waals surface area contributed by atoms with E-state index in [4.69, 9.17) is 16.9 Å². The summed E-state index contributed by atoms with van der Waals surface area (Å²) in [6.07, 6.45) is 1.61. The Labute approximate surface area is 105 Å². The number of benzene rings is 1. The van der Waals surface area contributed by atoms with Crippen LogP contribution in [0.2, 0.25) is 0 Å². The highest BCUT2D eigenvalue weighted by Gasteiger charge is 2.29. The molecule has 0 saturated carbocycles. The Morgan fingerprint density at radius 3 is 3.24 bits per heavy atom. The van der Waals surface area contributed by atoms with Crippen molar-refractivity contribution in [1.82, 2.24) is 10.7 Å². The molecule has 1 aliphatic rings. The summed E-state index contributed by atoms with van der Waals surface area (Å²) < 4.78 is 5.15. The van der Waals surface area contributed by atoms with Crippen molar-refractivity contribution in [2.75, 3.05) is 7.05 Å². The summed E-state index contributed by atoms with van der Waals surface area (Å²) in [6.45, 7) is 0.431. The van der Waals surface area contributed by atoms with Crippen LogP contribution in [0.25, 0.3) is 0 Å². The molecule has 0 spiro atoms. The molecule has 88 valence electrons. The predicted molar refractivity (Wildman–Crippen MR) is 71.2 cm³/mol. The van der Waals surface area contributed by atoms with Crippen LogP contribution in [0.4, 0.5) is 0 Å². The van der Waals surface area contributed by atoms with E-state index in [0.29, 0.717) is 11.7 Å². The van der Waals surface area contributed by atoms with Crippen LogP contribution in [-0.2, 0) is 11.3 Å². The molecular formula is C10H12BN3O2S. The third kappa shape index (κ3) is 2.63. The molecule has 0 aromatic heterocycles. The van der Waals surface area contributed by atoms with Crippen molar-refractivity contribution in [3.8, 4) is 0 Å². The number of fused-ring (bicyclic) bond motifs is 1. The monoisotopic (exact) mass is 249 g/mol. The van der Waals surface area contributed by atoms with Crippen LogP contribution in [0.3, 0.4) is 0 Å². The van der Waals surface area contributed by atoms with Crippen LogP contribution in [-0.4, -0.2) is 30.5 Å². The fourth-order valence-electron chi connectivity index (χ4n) is 1.64. The Morgan fingerprint density at radius 1 is 1.65 bits per heavy atom. The second-order valence-electron chi connectivity index (χ2n) is 3.53. The normalized spacial score (nSPS) is 13.9. The van der Waals surface area contributed by atoms with Gasteiger partial charge in [0.05, 0.1) is 12.8 Å². The van der Waals surface area contributed by atoms with Crippen molar-refractivity contribution in [2.24, 2.45) is 5.10 Å². The average Bonchev–Trinajstić information content (AvgIpc) is 2.72. The van der Waals surface area contributed by atoms with Crippen molar-refractivity contribution in [3.05, 3.63) is 29.3 Å². The van der Waals surface area contributed by atoms with E-state index in [9.17, 15) is 5.02 Å². The maximum absolute atomic E-state index is 9.67. The van der Waals surface area contributed by atoms with Gasteiger partial charge in [0.25, 0.3) is 0 Å². The molecule has 0 saturated heterocycles. The summed E-state index contributed by atoms with van der Waals surface area (Å²) in [5.74, 6) is 0. The van der Waals surface area contributed by atoms with E-state index in [1.165, 1.54) is 0 Å². The molecule has 3 N–H and O–H groups in total. The van der Waals surface area contributed by atoms with E-state index in [0.717, 1.165) is 16.6 Å². The van der Waals surface area contributed by atoms with Gasteiger partial charge in [-0.25, -0.2) is 0 Å². The first-order valence-electron chi connectivity index (χ1n) is 5.14. The molecular weight excluding hydrogens is 237 g/mol. The van der Waals surface area contributed by atoms with Gasteiger partial charge >= 0.3 is 7.12 Å². The molecule has 7 heteroatoms. The van der Waals surface area contributed by atoms with Crippen molar-refractivity contribution in [1.29, 1.82) is 0 Å². The summed E-state index contributed by atoms with van der Waals surface area (Å²) >= 11 is 4.88. The van der Waals surface area contributed by atoms with Crippen LogP contribution >= 0.6 is 12.2 Å². The zero-order chi connectivity index (χ0) is 12.3. The molecule has 0 unspecified atom stereocenters. The first-order valence-corrected chi connectivity index (χ1v) is 5.55. The minimum absolute atomic E-state index is 0.431. The van der Waals surface area contributed by atoms with E-state index in [1.54, 1.807) is 13.3 Å². The molecule has 2 rings (SSSR count). The van der Waals surface area contributed by atoms with E-state index in [-0.39, 0.29) is 0 Å². The number of hydrazone groups is 1. The highest BCUT2D eigenvalue weighted by atomic mass is 32.1. The van der Waals surface area contributed by atoms with E-state index >= 15 is 0 Å². The van der Waals surface area contributed by atoms with Crippen LogP contribution in [0.5, 0.6) is 0 Å². The molecule has 5 nitrogen and oxygen atoms in total. The van der Waals surface area contributed by atoms with Gasteiger partial charge in [0.2, 0.25) is 0 Å². The Bertz CT molecular complexity index is 467. The van der Waals surface area contributed by atoms with Crippen LogP contribution < -0.4 is 16.2 Å². The molecule has 1 heterocycles. The number of nitrogens with zero attached hydrogens (tertiary/aromatic N) is 1. The summed E-state index contributed by atoms with van der Waals surface area (Å²) in [5, 5.41) is 16.8. The summed E-state index contributed by atoms with van der Waals surface area (Å²) in [5.41, 5.74) is 5.23. The zero-order valence-electron chi connectivity index (χ0n) is 9.30. The lowest BCUT2D eigenvalue weighted by molar-refractivity contribution is 0.275. The SMILES string of the molecule is CNC(=S)N/N=C/c1cccc2c1B(O)OC2.